The van der Waals surface area contributed by atoms with E-state index in [9.17, 15) is 13.2 Å². The number of amides is 1. The fourth-order valence-electron chi connectivity index (χ4n) is 5.02. The SMILES string of the molecule is CC(=O)N1CCCc2cc(S(=O)(=O)N(Cc3ccc4c(c3)OCO4)C3CCCC3)ccc21. The van der Waals surface area contributed by atoms with Crippen LogP contribution in [0.5, 0.6) is 11.5 Å². The molecule has 0 aromatic heterocycles. The first-order valence-corrected chi connectivity index (χ1v) is 12.7. The highest BCUT2D eigenvalue weighted by atomic mass is 32.2. The van der Waals surface area contributed by atoms with Gasteiger partial charge in [-0.1, -0.05) is 18.9 Å². The third kappa shape index (κ3) is 3.86. The third-order valence-corrected chi connectivity index (χ3v) is 8.56. The van der Waals surface area contributed by atoms with Crippen molar-refractivity contribution in [3.63, 3.8) is 0 Å². The number of fused-ring (bicyclic) bond motifs is 2. The predicted octanol–water partition coefficient (Wildman–Crippen LogP) is 3.85. The summed E-state index contributed by atoms with van der Waals surface area (Å²) in [7, 11) is -3.71. The van der Waals surface area contributed by atoms with E-state index < -0.39 is 10.0 Å². The van der Waals surface area contributed by atoms with Gasteiger partial charge in [0.1, 0.15) is 0 Å². The van der Waals surface area contributed by atoms with Crippen LogP contribution >= 0.6 is 0 Å². The molecule has 2 heterocycles. The van der Waals surface area contributed by atoms with Crippen molar-refractivity contribution in [1.82, 2.24) is 4.31 Å². The number of carbonyl (C=O) groups is 1. The smallest absolute Gasteiger partial charge is 0.243 e. The van der Waals surface area contributed by atoms with Gasteiger partial charge in [0.05, 0.1) is 4.90 Å². The summed E-state index contributed by atoms with van der Waals surface area (Å²) >= 11 is 0. The highest BCUT2D eigenvalue weighted by Crippen LogP contribution is 2.36. The van der Waals surface area contributed by atoms with Crippen LogP contribution in [-0.4, -0.2) is 38.0 Å². The standard InChI is InChI=1S/C24H28N2O5S/c1-17(27)25-12-4-5-19-14-21(9-10-22(19)25)32(28,29)26(20-6-2-3-7-20)15-18-8-11-23-24(13-18)31-16-30-23/h8-11,13-14,20H,2-7,12,15-16H2,1H3. The van der Waals surface area contributed by atoms with Crippen molar-refractivity contribution in [2.45, 2.75) is 62.9 Å². The predicted molar refractivity (Wildman–Crippen MR) is 120 cm³/mol. The van der Waals surface area contributed by atoms with Crippen molar-refractivity contribution in [2.75, 3.05) is 18.2 Å². The Morgan fingerprint density at radius 1 is 1.06 bits per heavy atom. The number of nitrogens with zero attached hydrogens (tertiary/aromatic N) is 2. The van der Waals surface area contributed by atoms with Crippen LogP contribution in [0.4, 0.5) is 5.69 Å². The first-order valence-electron chi connectivity index (χ1n) is 11.2. The van der Waals surface area contributed by atoms with Crippen molar-refractivity contribution >= 4 is 21.6 Å². The summed E-state index contributed by atoms with van der Waals surface area (Å²) < 4.78 is 40.2. The summed E-state index contributed by atoms with van der Waals surface area (Å²) in [6.07, 6.45) is 5.42. The topological polar surface area (TPSA) is 76.2 Å². The highest BCUT2D eigenvalue weighted by molar-refractivity contribution is 7.89. The minimum Gasteiger partial charge on any atom is -0.454 e. The molecule has 1 saturated carbocycles. The number of hydrogen-bond acceptors (Lipinski definition) is 5. The van der Waals surface area contributed by atoms with Crippen LogP contribution < -0.4 is 14.4 Å². The number of carbonyl (C=O) groups excluding carboxylic acids is 1. The van der Waals surface area contributed by atoms with Gasteiger partial charge >= 0.3 is 0 Å². The fourth-order valence-corrected chi connectivity index (χ4v) is 6.74. The summed E-state index contributed by atoms with van der Waals surface area (Å²) in [5.74, 6) is 1.33. The second-order valence-electron chi connectivity index (χ2n) is 8.74. The van der Waals surface area contributed by atoms with Gasteiger partial charge in [-0.3, -0.25) is 4.79 Å². The largest absolute Gasteiger partial charge is 0.454 e. The monoisotopic (exact) mass is 456 g/mol. The molecule has 7 nitrogen and oxygen atoms in total. The molecule has 0 N–H and O–H groups in total. The lowest BCUT2D eigenvalue weighted by molar-refractivity contribution is -0.116. The summed E-state index contributed by atoms with van der Waals surface area (Å²) in [5.41, 5.74) is 2.62. The summed E-state index contributed by atoms with van der Waals surface area (Å²) in [5, 5.41) is 0. The van der Waals surface area contributed by atoms with Crippen molar-refractivity contribution in [3.8, 4) is 11.5 Å². The summed E-state index contributed by atoms with van der Waals surface area (Å²) in [4.78, 5) is 14.0. The van der Waals surface area contributed by atoms with Crippen LogP contribution in [0.1, 0.15) is 50.2 Å². The Morgan fingerprint density at radius 2 is 1.84 bits per heavy atom. The second kappa shape index (κ2) is 8.41. The molecule has 0 unspecified atom stereocenters. The third-order valence-electron chi connectivity index (χ3n) is 6.66. The number of rotatable bonds is 5. The van der Waals surface area contributed by atoms with Gasteiger partial charge in [-0.15, -0.1) is 0 Å². The zero-order valence-corrected chi connectivity index (χ0v) is 19.1. The Bertz CT molecular complexity index is 1140. The van der Waals surface area contributed by atoms with E-state index in [4.69, 9.17) is 9.47 Å². The zero-order valence-electron chi connectivity index (χ0n) is 18.2. The van der Waals surface area contributed by atoms with Crippen molar-refractivity contribution < 1.29 is 22.7 Å². The van der Waals surface area contributed by atoms with E-state index in [0.29, 0.717) is 29.5 Å². The average Bonchev–Trinajstić information content (AvgIpc) is 3.48. The molecule has 170 valence electrons. The number of benzene rings is 2. The van der Waals surface area contributed by atoms with Crippen LogP contribution in [0.2, 0.25) is 0 Å². The van der Waals surface area contributed by atoms with Gasteiger partial charge in [0.15, 0.2) is 11.5 Å². The molecular formula is C24H28N2O5S. The molecule has 5 rings (SSSR count). The van der Waals surface area contributed by atoms with E-state index in [1.807, 2.05) is 18.2 Å². The minimum atomic E-state index is -3.71. The fraction of sp³-hybridized carbons (Fsp3) is 0.458. The molecule has 1 aliphatic carbocycles. The number of hydrogen-bond donors (Lipinski definition) is 0. The van der Waals surface area contributed by atoms with Gasteiger partial charge in [0.25, 0.3) is 0 Å². The number of sulfonamides is 1. The van der Waals surface area contributed by atoms with Crippen LogP contribution in [-0.2, 0) is 27.8 Å². The lowest BCUT2D eigenvalue weighted by Gasteiger charge is -2.31. The molecule has 2 aliphatic heterocycles. The first kappa shape index (κ1) is 21.3. The maximum Gasteiger partial charge on any atom is 0.243 e. The van der Waals surface area contributed by atoms with Crippen LogP contribution in [0, 0.1) is 0 Å². The van der Waals surface area contributed by atoms with Crippen LogP contribution in [0.3, 0.4) is 0 Å². The van der Waals surface area contributed by atoms with Crippen molar-refractivity contribution in [2.24, 2.45) is 0 Å². The molecule has 32 heavy (non-hydrogen) atoms. The summed E-state index contributed by atoms with van der Waals surface area (Å²) in [6, 6.07) is 10.8. The van der Waals surface area contributed by atoms with E-state index >= 15 is 0 Å². The van der Waals surface area contributed by atoms with Crippen molar-refractivity contribution in [1.29, 1.82) is 0 Å². The van der Waals surface area contributed by atoms with Gasteiger partial charge in [-0.2, -0.15) is 4.31 Å². The lowest BCUT2D eigenvalue weighted by atomic mass is 10.0. The molecule has 0 bridgehead atoms. The first-order chi connectivity index (χ1) is 15.4. The van der Waals surface area contributed by atoms with Gasteiger partial charge < -0.3 is 14.4 Å². The Labute approximate surface area is 189 Å². The van der Waals surface area contributed by atoms with Gasteiger partial charge in [-0.05, 0) is 67.1 Å². The molecule has 8 heteroatoms. The maximum absolute atomic E-state index is 13.8. The number of anilines is 1. The Kier molecular flexibility index (Phi) is 5.59. The Hall–Kier alpha value is -2.58. The molecule has 1 fully saturated rings. The molecule has 0 radical (unpaired) electrons. The Morgan fingerprint density at radius 3 is 2.62 bits per heavy atom. The average molecular weight is 457 g/mol. The molecule has 0 atom stereocenters. The molecule has 3 aliphatic rings. The van der Waals surface area contributed by atoms with E-state index in [1.54, 1.807) is 34.3 Å². The van der Waals surface area contributed by atoms with Gasteiger partial charge in [0.2, 0.25) is 22.7 Å². The molecular weight excluding hydrogens is 428 g/mol. The van der Waals surface area contributed by atoms with Gasteiger partial charge in [0, 0.05) is 31.7 Å². The lowest BCUT2D eigenvalue weighted by Crippen LogP contribution is -2.38. The van der Waals surface area contributed by atoms with E-state index in [0.717, 1.165) is 55.3 Å². The molecule has 2 aromatic carbocycles. The normalized spacial score (nSPS) is 18.2. The zero-order chi connectivity index (χ0) is 22.3. The van der Waals surface area contributed by atoms with Crippen molar-refractivity contribution in [3.05, 3.63) is 47.5 Å². The molecule has 0 saturated heterocycles. The van der Waals surface area contributed by atoms with Crippen LogP contribution in [0.25, 0.3) is 0 Å². The van der Waals surface area contributed by atoms with E-state index in [-0.39, 0.29) is 18.7 Å². The molecule has 2 aromatic rings. The Balaban J connectivity index is 1.49. The second-order valence-corrected chi connectivity index (χ2v) is 10.6. The molecule has 0 spiro atoms. The number of ether oxygens (including phenoxy) is 2. The summed E-state index contributed by atoms with van der Waals surface area (Å²) in [6.45, 7) is 2.70. The minimum absolute atomic E-state index is 0.0167. The van der Waals surface area contributed by atoms with E-state index in [1.165, 1.54) is 0 Å². The highest BCUT2D eigenvalue weighted by Gasteiger charge is 2.34. The number of aryl methyl sites for hydroxylation is 1. The van der Waals surface area contributed by atoms with Gasteiger partial charge in [-0.25, -0.2) is 8.42 Å². The molecule has 1 amide bonds. The maximum atomic E-state index is 13.8. The van der Waals surface area contributed by atoms with E-state index in [2.05, 4.69) is 0 Å². The van der Waals surface area contributed by atoms with Crippen LogP contribution in [0.15, 0.2) is 41.3 Å². The quantitative estimate of drug-likeness (QED) is 0.683.